The van der Waals surface area contributed by atoms with Gasteiger partial charge in [-0.1, -0.05) is 12.1 Å². The van der Waals surface area contributed by atoms with Crippen molar-refractivity contribution in [3.05, 3.63) is 35.6 Å². The average Bonchev–Trinajstić information content (AvgIpc) is 2.91. The SMILES string of the molecule is C[C@]1(CNC(=O)NC[C@@](C)(O)c2ccc(F)cc2)CCCO1. The van der Waals surface area contributed by atoms with Gasteiger partial charge in [-0.05, 0) is 44.4 Å². The number of carbonyl (C=O) groups excluding carboxylic acids is 1. The topological polar surface area (TPSA) is 70.6 Å². The molecule has 1 aromatic carbocycles. The van der Waals surface area contributed by atoms with Gasteiger partial charge in [-0.15, -0.1) is 0 Å². The summed E-state index contributed by atoms with van der Waals surface area (Å²) in [6.45, 7) is 4.72. The van der Waals surface area contributed by atoms with Gasteiger partial charge in [-0.3, -0.25) is 0 Å². The number of urea groups is 1. The van der Waals surface area contributed by atoms with Crippen LogP contribution >= 0.6 is 0 Å². The molecular formula is C16H23FN2O3. The van der Waals surface area contributed by atoms with E-state index < -0.39 is 5.60 Å². The minimum atomic E-state index is -1.27. The fraction of sp³-hybridized carbons (Fsp3) is 0.562. The van der Waals surface area contributed by atoms with Crippen molar-refractivity contribution in [2.75, 3.05) is 19.7 Å². The highest BCUT2D eigenvalue weighted by Crippen LogP contribution is 2.24. The zero-order chi connectivity index (χ0) is 16.2. The van der Waals surface area contributed by atoms with Gasteiger partial charge in [0, 0.05) is 13.2 Å². The average molecular weight is 310 g/mol. The largest absolute Gasteiger partial charge is 0.384 e. The smallest absolute Gasteiger partial charge is 0.315 e. The van der Waals surface area contributed by atoms with Crippen molar-refractivity contribution in [1.82, 2.24) is 10.6 Å². The zero-order valence-corrected chi connectivity index (χ0v) is 13.0. The Morgan fingerprint density at radius 3 is 2.68 bits per heavy atom. The van der Waals surface area contributed by atoms with E-state index in [-0.39, 0.29) is 24.0 Å². The molecule has 5 nitrogen and oxygen atoms in total. The van der Waals surface area contributed by atoms with Crippen molar-refractivity contribution < 1.29 is 19.0 Å². The van der Waals surface area contributed by atoms with Crippen LogP contribution in [0.1, 0.15) is 32.3 Å². The van der Waals surface area contributed by atoms with E-state index >= 15 is 0 Å². The lowest BCUT2D eigenvalue weighted by atomic mass is 9.96. The summed E-state index contributed by atoms with van der Waals surface area (Å²) in [5.41, 5.74) is -1.03. The number of aliphatic hydroxyl groups is 1. The quantitative estimate of drug-likeness (QED) is 0.778. The van der Waals surface area contributed by atoms with Crippen LogP contribution in [0.15, 0.2) is 24.3 Å². The summed E-state index contributed by atoms with van der Waals surface area (Å²) in [6.07, 6.45) is 1.92. The fourth-order valence-electron chi connectivity index (χ4n) is 2.47. The number of nitrogens with one attached hydrogen (secondary N) is 2. The van der Waals surface area contributed by atoms with Crippen molar-refractivity contribution in [2.24, 2.45) is 0 Å². The first-order chi connectivity index (χ1) is 10.3. The van der Waals surface area contributed by atoms with Crippen LogP contribution in [0.4, 0.5) is 9.18 Å². The fourth-order valence-corrected chi connectivity index (χ4v) is 2.47. The highest BCUT2D eigenvalue weighted by Gasteiger charge is 2.30. The van der Waals surface area contributed by atoms with Gasteiger partial charge >= 0.3 is 6.03 Å². The van der Waals surface area contributed by atoms with Crippen LogP contribution in [0, 0.1) is 5.82 Å². The third kappa shape index (κ3) is 4.42. The van der Waals surface area contributed by atoms with Crippen molar-refractivity contribution >= 4 is 6.03 Å². The molecule has 0 spiro atoms. The van der Waals surface area contributed by atoms with Crippen LogP contribution in [0.25, 0.3) is 0 Å². The molecule has 1 aliphatic rings. The molecule has 0 aliphatic carbocycles. The van der Waals surface area contributed by atoms with Gasteiger partial charge in [0.15, 0.2) is 0 Å². The van der Waals surface area contributed by atoms with Crippen molar-refractivity contribution in [3.63, 3.8) is 0 Å². The Kier molecular flexibility index (Phi) is 5.03. The molecule has 3 N–H and O–H groups in total. The lowest BCUT2D eigenvalue weighted by Gasteiger charge is -2.26. The molecule has 1 aliphatic heterocycles. The van der Waals surface area contributed by atoms with E-state index in [9.17, 15) is 14.3 Å². The second kappa shape index (κ2) is 6.62. The minimum Gasteiger partial charge on any atom is -0.384 e. The molecule has 0 saturated carbocycles. The first kappa shape index (κ1) is 16.7. The maximum absolute atomic E-state index is 12.9. The Hall–Kier alpha value is -1.66. The van der Waals surface area contributed by atoms with Crippen LogP contribution in [0.5, 0.6) is 0 Å². The maximum atomic E-state index is 12.9. The first-order valence-corrected chi connectivity index (χ1v) is 7.45. The number of ether oxygens (including phenoxy) is 1. The number of hydrogen-bond acceptors (Lipinski definition) is 3. The summed E-state index contributed by atoms with van der Waals surface area (Å²) in [7, 11) is 0. The van der Waals surface area contributed by atoms with E-state index in [4.69, 9.17) is 4.74 Å². The number of carbonyl (C=O) groups is 1. The summed E-state index contributed by atoms with van der Waals surface area (Å²) in [6, 6.07) is 5.20. The maximum Gasteiger partial charge on any atom is 0.315 e. The molecule has 1 fully saturated rings. The van der Waals surface area contributed by atoms with E-state index in [1.807, 2.05) is 6.92 Å². The van der Waals surface area contributed by atoms with E-state index in [0.717, 1.165) is 19.4 Å². The summed E-state index contributed by atoms with van der Waals surface area (Å²) < 4.78 is 18.5. The van der Waals surface area contributed by atoms with E-state index in [2.05, 4.69) is 10.6 Å². The number of benzene rings is 1. The van der Waals surface area contributed by atoms with Gasteiger partial charge in [0.2, 0.25) is 0 Å². The van der Waals surface area contributed by atoms with E-state index in [1.165, 1.54) is 24.3 Å². The van der Waals surface area contributed by atoms with Crippen molar-refractivity contribution in [3.8, 4) is 0 Å². The van der Waals surface area contributed by atoms with E-state index in [1.54, 1.807) is 6.92 Å². The molecule has 0 radical (unpaired) electrons. The van der Waals surface area contributed by atoms with E-state index in [0.29, 0.717) is 12.1 Å². The Morgan fingerprint density at radius 2 is 2.09 bits per heavy atom. The Balaban J connectivity index is 1.80. The van der Waals surface area contributed by atoms with Crippen molar-refractivity contribution in [1.29, 1.82) is 0 Å². The molecule has 0 bridgehead atoms. The molecule has 1 saturated heterocycles. The normalized spacial score (nSPS) is 23.8. The van der Waals surface area contributed by atoms with Crippen LogP contribution in [0.3, 0.4) is 0 Å². The first-order valence-electron chi connectivity index (χ1n) is 7.45. The summed E-state index contributed by atoms with van der Waals surface area (Å²) >= 11 is 0. The molecule has 2 atom stereocenters. The lowest BCUT2D eigenvalue weighted by molar-refractivity contribution is 0.0224. The number of hydrogen-bond donors (Lipinski definition) is 3. The van der Waals surface area contributed by atoms with Gasteiger partial charge in [0.1, 0.15) is 11.4 Å². The van der Waals surface area contributed by atoms with Gasteiger partial charge in [0.25, 0.3) is 0 Å². The summed E-state index contributed by atoms with van der Waals surface area (Å²) in [5, 5.41) is 15.7. The van der Waals surface area contributed by atoms with Gasteiger partial charge < -0.3 is 20.5 Å². The molecule has 6 heteroatoms. The Morgan fingerprint density at radius 1 is 1.41 bits per heavy atom. The second-order valence-electron chi connectivity index (χ2n) is 6.22. The molecular weight excluding hydrogens is 287 g/mol. The third-order valence-corrected chi connectivity index (χ3v) is 3.98. The third-order valence-electron chi connectivity index (χ3n) is 3.98. The molecule has 22 heavy (non-hydrogen) atoms. The van der Waals surface area contributed by atoms with Gasteiger partial charge in [-0.2, -0.15) is 0 Å². The predicted molar refractivity (Wildman–Crippen MR) is 81.0 cm³/mol. The monoisotopic (exact) mass is 310 g/mol. The zero-order valence-electron chi connectivity index (χ0n) is 13.0. The molecule has 122 valence electrons. The number of halogens is 1. The molecule has 1 aromatic rings. The van der Waals surface area contributed by atoms with Crippen LogP contribution in [-0.4, -0.2) is 36.4 Å². The molecule has 0 aromatic heterocycles. The predicted octanol–water partition coefficient (Wildman–Crippen LogP) is 1.90. The Bertz CT molecular complexity index is 511. The molecule has 0 unspecified atom stereocenters. The highest BCUT2D eigenvalue weighted by atomic mass is 19.1. The lowest BCUT2D eigenvalue weighted by Crippen LogP contribution is -2.47. The second-order valence-corrected chi connectivity index (χ2v) is 6.22. The highest BCUT2D eigenvalue weighted by molar-refractivity contribution is 5.74. The summed E-state index contributed by atoms with van der Waals surface area (Å²) in [4.78, 5) is 11.8. The molecule has 2 amide bonds. The summed E-state index contributed by atoms with van der Waals surface area (Å²) in [5.74, 6) is -0.366. The molecule has 1 heterocycles. The minimum absolute atomic E-state index is 0.0298. The van der Waals surface area contributed by atoms with Crippen molar-refractivity contribution in [2.45, 2.75) is 37.9 Å². The van der Waals surface area contributed by atoms with Gasteiger partial charge in [-0.25, -0.2) is 9.18 Å². The van der Waals surface area contributed by atoms with Crippen LogP contribution in [0.2, 0.25) is 0 Å². The standard InChI is InChI=1S/C16H23FN2O3/c1-15(8-3-9-22-15)10-18-14(20)19-11-16(2,21)12-4-6-13(17)7-5-12/h4-7,21H,3,8-11H2,1-2H3,(H2,18,19,20)/t15-,16-/m1/s1. The van der Waals surface area contributed by atoms with Crippen LogP contribution in [-0.2, 0) is 10.3 Å². The number of amides is 2. The van der Waals surface area contributed by atoms with Crippen LogP contribution < -0.4 is 10.6 Å². The van der Waals surface area contributed by atoms with Gasteiger partial charge in [0.05, 0.1) is 12.1 Å². The molecule has 2 rings (SSSR count). The number of rotatable bonds is 5. The Labute approximate surface area is 129 Å².